The van der Waals surface area contributed by atoms with Crippen LogP contribution in [0.5, 0.6) is 23.1 Å². The van der Waals surface area contributed by atoms with Crippen LogP contribution in [0.4, 0.5) is 0 Å². The number of aliphatic hydroxyl groups is 1. The summed E-state index contributed by atoms with van der Waals surface area (Å²) in [6, 6.07) is 12.6. The van der Waals surface area contributed by atoms with Crippen molar-refractivity contribution in [1.82, 2.24) is 14.4 Å². The van der Waals surface area contributed by atoms with Gasteiger partial charge in [0.05, 0.1) is 25.1 Å². The second-order valence-electron chi connectivity index (χ2n) is 8.16. The Bertz CT molecular complexity index is 1340. The number of hydrogen-bond donors (Lipinski definition) is 1. The van der Waals surface area contributed by atoms with Crippen LogP contribution in [0.2, 0.25) is 0 Å². The lowest BCUT2D eigenvalue weighted by atomic mass is 9.97. The van der Waals surface area contributed by atoms with Crippen LogP contribution < -0.4 is 19.8 Å². The molecule has 170 valence electrons. The lowest BCUT2D eigenvalue weighted by Gasteiger charge is -2.18. The van der Waals surface area contributed by atoms with E-state index in [0.29, 0.717) is 34.3 Å². The summed E-state index contributed by atoms with van der Waals surface area (Å²) in [5, 5.41) is 10.1. The number of aromatic nitrogens is 3. The average molecular weight is 447 g/mol. The Balaban J connectivity index is 1.49. The van der Waals surface area contributed by atoms with Gasteiger partial charge in [-0.2, -0.15) is 0 Å². The van der Waals surface area contributed by atoms with Crippen molar-refractivity contribution in [1.29, 1.82) is 0 Å². The Morgan fingerprint density at radius 2 is 1.79 bits per heavy atom. The molecular formula is C25H25N3O5. The maximum Gasteiger partial charge on any atom is 0.260 e. The lowest BCUT2D eigenvalue weighted by Crippen LogP contribution is -2.16. The molecule has 4 aromatic rings. The van der Waals surface area contributed by atoms with E-state index in [1.54, 1.807) is 51.4 Å². The summed E-state index contributed by atoms with van der Waals surface area (Å²) in [5.41, 5.74) is 1.79. The number of hydrogen-bond acceptors (Lipinski definition) is 7. The molecule has 0 amide bonds. The number of ether oxygens (including phenoxy) is 3. The first kappa shape index (κ1) is 22.3. The first-order valence-corrected chi connectivity index (χ1v) is 10.4. The van der Waals surface area contributed by atoms with E-state index in [1.165, 1.54) is 17.7 Å². The zero-order valence-corrected chi connectivity index (χ0v) is 18.9. The van der Waals surface area contributed by atoms with Crippen LogP contribution in [-0.4, -0.2) is 26.6 Å². The van der Waals surface area contributed by atoms with E-state index in [2.05, 4.69) is 9.97 Å². The highest BCUT2D eigenvalue weighted by molar-refractivity contribution is 5.44. The normalized spacial score (nSPS) is 11.4. The molecule has 0 spiro atoms. The summed E-state index contributed by atoms with van der Waals surface area (Å²) < 4.78 is 18.6. The van der Waals surface area contributed by atoms with E-state index in [-0.39, 0.29) is 12.2 Å². The molecule has 8 nitrogen and oxygen atoms in total. The molecule has 8 heteroatoms. The van der Waals surface area contributed by atoms with Crippen molar-refractivity contribution >= 4 is 5.65 Å². The molecule has 1 N–H and O–H groups in total. The van der Waals surface area contributed by atoms with Gasteiger partial charge in [0, 0.05) is 17.8 Å². The van der Waals surface area contributed by atoms with Crippen LogP contribution in [0.1, 0.15) is 30.5 Å². The molecule has 0 radical (unpaired) electrons. The van der Waals surface area contributed by atoms with Crippen LogP contribution in [-0.2, 0) is 12.2 Å². The van der Waals surface area contributed by atoms with E-state index in [0.717, 1.165) is 11.1 Å². The van der Waals surface area contributed by atoms with Crippen LogP contribution in [0.15, 0.2) is 65.8 Å². The zero-order valence-electron chi connectivity index (χ0n) is 18.9. The standard InChI is InChI=1S/C25H25N3O5/c1-16-12-26-22-10-9-19(14-28(22)24(16)29)33-20-11-21(31-4)23(27-13-20)32-15-17-5-7-18(8-6-17)25(2,3)30/h5-14,30H,15H2,1-4H3. The van der Waals surface area contributed by atoms with Crippen molar-refractivity contribution in [2.24, 2.45) is 0 Å². The van der Waals surface area contributed by atoms with Crippen LogP contribution in [0.3, 0.4) is 0 Å². The Hall–Kier alpha value is -3.91. The number of aryl methyl sites for hydroxylation is 1. The summed E-state index contributed by atoms with van der Waals surface area (Å²) in [7, 11) is 1.52. The van der Waals surface area contributed by atoms with Gasteiger partial charge in [-0.1, -0.05) is 24.3 Å². The highest BCUT2D eigenvalue weighted by Crippen LogP contribution is 2.31. The maximum absolute atomic E-state index is 12.3. The predicted octanol–water partition coefficient (Wildman–Crippen LogP) is 4.01. The molecule has 0 atom stereocenters. The third-order valence-corrected chi connectivity index (χ3v) is 5.13. The number of nitrogens with zero attached hydrogens (tertiary/aromatic N) is 3. The molecule has 0 aliphatic rings. The van der Waals surface area contributed by atoms with Gasteiger partial charge in [-0.3, -0.25) is 9.20 Å². The number of pyridine rings is 2. The minimum atomic E-state index is -0.895. The quantitative estimate of drug-likeness (QED) is 0.457. The summed E-state index contributed by atoms with van der Waals surface area (Å²) in [4.78, 5) is 20.9. The molecule has 1 aromatic carbocycles. The van der Waals surface area contributed by atoms with Crippen molar-refractivity contribution in [3.63, 3.8) is 0 Å². The molecule has 0 unspecified atom stereocenters. The Kier molecular flexibility index (Phi) is 6.02. The van der Waals surface area contributed by atoms with Crippen molar-refractivity contribution in [2.45, 2.75) is 33.0 Å². The number of benzene rings is 1. The van der Waals surface area contributed by atoms with E-state index < -0.39 is 5.60 Å². The Labute approximate surface area is 191 Å². The second kappa shape index (κ2) is 8.91. The molecule has 0 bridgehead atoms. The summed E-state index contributed by atoms with van der Waals surface area (Å²) in [6.45, 7) is 5.48. The monoisotopic (exact) mass is 447 g/mol. The van der Waals surface area contributed by atoms with Gasteiger partial charge >= 0.3 is 0 Å². The largest absolute Gasteiger partial charge is 0.491 e. The third-order valence-electron chi connectivity index (χ3n) is 5.13. The highest BCUT2D eigenvalue weighted by Gasteiger charge is 2.15. The van der Waals surface area contributed by atoms with Crippen molar-refractivity contribution < 1.29 is 19.3 Å². The van der Waals surface area contributed by atoms with E-state index >= 15 is 0 Å². The third kappa shape index (κ3) is 4.96. The molecule has 0 saturated heterocycles. The molecule has 0 saturated carbocycles. The SMILES string of the molecule is COc1cc(Oc2ccc3ncc(C)c(=O)n3c2)cnc1OCc1ccc(C(C)(C)O)cc1. The molecule has 0 fully saturated rings. The van der Waals surface area contributed by atoms with Gasteiger partial charge in [-0.05, 0) is 44.0 Å². The van der Waals surface area contributed by atoms with E-state index in [9.17, 15) is 9.90 Å². The van der Waals surface area contributed by atoms with Gasteiger partial charge in [0.25, 0.3) is 11.4 Å². The fraction of sp³-hybridized carbons (Fsp3) is 0.240. The van der Waals surface area contributed by atoms with Crippen LogP contribution in [0, 0.1) is 6.92 Å². The highest BCUT2D eigenvalue weighted by atomic mass is 16.5. The zero-order chi connectivity index (χ0) is 23.6. The van der Waals surface area contributed by atoms with E-state index in [1.807, 2.05) is 24.3 Å². The Morgan fingerprint density at radius 1 is 1.03 bits per heavy atom. The second-order valence-corrected chi connectivity index (χ2v) is 8.16. The molecule has 33 heavy (non-hydrogen) atoms. The number of methoxy groups -OCH3 is 1. The summed E-state index contributed by atoms with van der Waals surface area (Å²) >= 11 is 0. The lowest BCUT2D eigenvalue weighted by molar-refractivity contribution is 0.0785. The van der Waals surface area contributed by atoms with Crippen LogP contribution >= 0.6 is 0 Å². The number of rotatable bonds is 7. The van der Waals surface area contributed by atoms with Crippen molar-refractivity contribution in [3.05, 3.63) is 88.1 Å². The van der Waals surface area contributed by atoms with Gasteiger partial charge in [0.2, 0.25) is 0 Å². The average Bonchev–Trinajstić information content (AvgIpc) is 2.80. The first-order valence-electron chi connectivity index (χ1n) is 10.4. The fourth-order valence-corrected chi connectivity index (χ4v) is 3.23. The van der Waals surface area contributed by atoms with Crippen molar-refractivity contribution in [2.75, 3.05) is 7.11 Å². The maximum atomic E-state index is 12.3. The molecule has 3 aromatic heterocycles. The van der Waals surface area contributed by atoms with Crippen molar-refractivity contribution in [3.8, 4) is 23.1 Å². The summed E-state index contributed by atoms with van der Waals surface area (Å²) in [6.07, 6.45) is 4.66. The Morgan fingerprint density at radius 3 is 2.48 bits per heavy atom. The molecular weight excluding hydrogens is 422 g/mol. The summed E-state index contributed by atoms with van der Waals surface area (Å²) in [5.74, 6) is 1.63. The number of fused-ring (bicyclic) bond motifs is 1. The fourth-order valence-electron chi connectivity index (χ4n) is 3.23. The van der Waals surface area contributed by atoms with Gasteiger partial charge in [-0.15, -0.1) is 0 Å². The van der Waals surface area contributed by atoms with Gasteiger partial charge in [0.1, 0.15) is 23.8 Å². The van der Waals surface area contributed by atoms with Crippen LogP contribution in [0.25, 0.3) is 5.65 Å². The first-order chi connectivity index (χ1) is 15.7. The van der Waals surface area contributed by atoms with Gasteiger partial charge < -0.3 is 19.3 Å². The molecule has 4 rings (SSSR count). The minimum Gasteiger partial charge on any atom is -0.491 e. The molecule has 3 heterocycles. The minimum absolute atomic E-state index is 0.152. The van der Waals surface area contributed by atoms with Gasteiger partial charge in [-0.25, -0.2) is 9.97 Å². The predicted molar refractivity (Wildman–Crippen MR) is 123 cm³/mol. The smallest absolute Gasteiger partial charge is 0.260 e. The van der Waals surface area contributed by atoms with Gasteiger partial charge in [0.15, 0.2) is 5.75 Å². The van der Waals surface area contributed by atoms with E-state index in [4.69, 9.17) is 14.2 Å². The molecule has 0 aliphatic carbocycles. The topological polar surface area (TPSA) is 95.2 Å². The molecule has 0 aliphatic heterocycles.